The molecule has 2 amide bonds. The molecule has 1 unspecified atom stereocenters. The van der Waals surface area contributed by atoms with Crippen molar-refractivity contribution in [1.82, 2.24) is 20.6 Å². The highest BCUT2D eigenvalue weighted by atomic mass is 16.5. The molecule has 0 fully saturated rings. The molecule has 0 aliphatic carbocycles. The maximum Gasteiger partial charge on any atom is 0.337 e. The second-order valence-electron chi connectivity index (χ2n) is 9.03. The standard InChI is InChI=1S/C27H30N4O7/c1-14(2)22(23(33)21-15(3)24(34)31-26(21)36)30-20(32)13-19(29-25(35)18-7-5-6-12-28-18)16-8-10-17(11-9-16)27(37)38-4/h5-12,14,19,22,31,34,36H,13H2,1-4H3,(H,29,35)(H,30,32)/t19?,22-/m1/s1. The van der Waals surface area contributed by atoms with Crippen LogP contribution in [0.25, 0.3) is 0 Å². The van der Waals surface area contributed by atoms with Crippen LogP contribution < -0.4 is 10.6 Å². The van der Waals surface area contributed by atoms with Gasteiger partial charge < -0.3 is 25.6 Å². The van der Waals surface area contributed by atoms with Crippen LogP contribution in [0, 0.1) is 12.8 Å². The van der Waals surface area contributed by atoms with Crippen LogP contribution in [-0.2, 0) is 9.53 Å². The number of amides is 2. The van der Waals surface area contributed by atoms with Crippen molar-refractivity contribution in [3.05, 3.63) is 76.6 Å². The lowest BCUT2D eigenvalue weighted by Gasteiger charge is -2.24. The number of nitrogens with zero attached hydrogens (tertiary/aromatic N) is 1. The van der Waals surface area contributed by atoms with Gasteiger partial charge in [-0.15, -0.1) is 0 Å². The number of hydrogen-bond donors (Lipinski definition) is 5. The molecule has 0 saturated heterocycles. The second-order valence-corrected chi connectivity index (χ2v) is 9.03. The monoisotopic (exact) mass is 522 g/mol. The first-order valence-corrected chi connectivity index (χ1v) is 11.9. The van der Waals surface area contributed by atoms with E-state index in [2.05, 4.69) is 20.6 Å². The molecule has 0 saturated carbocycles. The van der Waals surface area contributed by atoms with Gasteiger partial charge in [0.1, 0.15) is 5.69 Å². The van der Waals surface area contributed by atoms with E-state index in [1.807, 2.05) is 0 Å². The SMILES string of the molecule is COC(=O)c1ccc(C(CC(=O)N[C@@H](C(=O)c2c(O)[nH]c(O)c2C)C(C)C)NC(=O)c2ccccn2)cc1. The number of ketones is 1. The molecule has 0 spiro atoms. The molecule has 2 aromatic heterocycles. The smallest absolute Gasteiger partial charge is 0.337 e. The van der Waals surface area contributed by atoms with Gasteiger partial charge in [0.2, 0.25) is 11.8 Å². The summed E-state index contributed by atoms with van der Waals surface area (Å²) in [6.07, 6.45) is 1.23. The molecule has 3 rings (SSSR count). The summed E-state index contributed by atoms with van der Waals surface area (Å²) in [5, 5.41) is 25.4. The minimum atomic E-state index is -1.02. The van der Waals surface area contributed by atoms with Crippen LogP contribution in [-0.4, -0.2) is 56.9 Å². The first-order chi connectivity index (χ1) is 18.0. The third-order valence-corrected chi connectivity index (χ3v) is 6.04. The first kappa shape index (κ1) is 27.9. The summed E-state index contributed by atoms with van der Waals surface area (Å²) >= 11 is 0. The number of rotatable bonds is 10. The highest BCUT2D eigenvalue weighted by Crippen LogP contribution is 2.30. The summed E-state index contributed by atoms with van der Waals surface area (Å²) in [6.45, 7) is 4.93. The molecule has 0 aliphatic heterocycles. The molecule has 2 atom stereocenters. The Bertz CT molecular complexity index is 1320. The molecule has 3 aromatic rings. The summed E-state index contributed by atoms with van der Waals surface area (Å²) in [5.74, 6) is -3.35. The zero-order chi connectivity index (χ0) is 28.0. The number of carbonyl (C=O) groups is 4. The molecular weight excluding hydrogens is 492 g/mol. The fraction of sp³-hybridized carbons (Fsp3) is 0.296. The number of aromatic hydroxyl groups is 2. The van der Waals surface area contributed by atoms with Gasteiger partial charge in [0.05, 0.1) is 36.7 Å². The molecule has 0 aliphatic rings. The van der Waals surface area contributed by atoms with Gasteiger partial charge in [-0.25, -0.2) is 4.79 Å². The average Bonchev–Trinajstić information content (AvgIpc) is 3.16. The highest BCUT2D eigenvalue weighted by molar-refractivity contribution is 6.05. The van der Waals surface area contributed by atoms with Gasteiger partial charge in [0, 0.05) is 11.8 Å². The topological polar surface area (TPSA) is 171 Å². The number of benzene rings is 1. The van der Waals surface area contributed by atoms with Crippen LogP contribution in [0.1, 0.15) is 68.6 Å². The number of hydrogen-bond acceptors (Lipinski definition) is 8. The number of carbonyl (C=O) groups excluding carboxylic acids is 4. The van der Waals surface area contributed by atoms with E-state index in [4.69, 9.17) is 4.74 Å². The second kappa shape index (κ2) is 12.0. The first-order valence-electron chi connectivity index (χ1n) is 11.9. The van der Waals surface area contributed by atoms with Crippen molar-refractivity contribution in [2.24, 2.45) is 5.92 Å². The van der Waals surface area contributed by atoms with Gasteiger partial charge in [-0.05, 0) is 42.7 Å². The Morgan fingerprint density at radius 1 is 1.00 bits per heavy atom. The molecule has 1 aromatic carbocycles. The van der Waals surface area contributed by atoms with Crippen LogP contribution >= 0.6 is 0 Å². The maximum absolute atomic E-state index is 13.2. The predicted molar refractivity (Wildman–Crippen MR) is 137 cm³/mol. The fourth-order valence-corrected chi connectivity index (χ4v) is 3.92. The molecule has 200 valence electrons. The third-order valence-electron chi connectivity index (χ3n) is 6.04. The number of nitrogens with one attached hydrogen (secondary N) is 3. The van der Waals surface area contributed by atoms with E-state index in [9.17, 15) is 29.4 Å². The zero-order valence-electron chi connectivity index (χ0n) is 21.4. The number of pyridine rings is 1. The Kier molecular flexibility index (Phi) is 8.85. The van der Waals surface area contributed by atoms with Gasteiger partial charge in [-0.2, -0.15) is 0 Å². The Morgan fingerprint density at radius 2 is 1.68 bits per heavy atom. The molecule has 11 heteroatoms. The number of Topliss-reactive ketones (excluding diaryl/α,β-unsaturated/α-hetero) is 1. The predicted octanol–water partition coefficient (Wildman–Crippen LogP) is 2.80. The van der Waals surface area contributed by atoms with Crippen molar-refractivity contribution < 1.29 is 34.1 Å². The Balaban J connectivity index is 1.85. The van der Waals surface area contributed by atoms with Crippen molar-refractivity contribution in [1.29, 1.82) is 0 Å². The molecular formula is C27H30N4O7. The lowest BCUT2D eigenvalue weighted by atomic mass is 9.93. The number of aromatic nitrogens is 2. The Hall–Kier alpha value is -4.67. The summed E-state index contributed by atoms with van der Waals surface area (Å²) in [4.78, 5) is 57.4. The van der Waals surface area contributed by atoms with Gasteiger partial charge in [0.15, 0.2) is 11.7 Å². The van der Waals surface area contributed by atoms with Crippen LogP contribution in [0.3, 0.4) is 0 Å². The maximum atomic E-state index is 13.2. The molecule has 38 heavy (non-hydrogen) atoms. The van der Waals surface area contributed by atoms with Crippen LogP contribution in [0.15, 0.2) is 48.7 Å². The zero-order valence-corrected chi connectivity index (χ0v) is 21.4. The molecule has 5 N–H and O–H groups in total. The number of ether oxygens (including phenoxy) is 1. The van der Waals surface area contributed by atoms with Crippen molar-refractivity contribution in [3.8, 4) is 11.8 Å². The van der Waals surface area contributed by atoms with Gasteiger partial charge >= 0.3 is 5.97 Å². The largest absolute Gasteiger partial charge is 0.494 e. The lowest BCUT2D eigenvalue weighted by Crippen LogP contribution is -2.45. The molecule has 2 heterocycles. The third kappa shape index (κ3) is 6.36. The van der Waals surface area contributed by atoms with E-state index in [0.717, 1.165) is 0 Å². The number of aromatic amines is 1. The summed E-state index contributed by atoms with van der Waals surface area (Å²) in [6, 6.07) is 9.23. The van der Waals surface area contributed by atoms with Crippen LogP contribution in [0.5, 0.6) is 11.8 Å². The highest BCUT2D eigenvalue weighted by Gasteiger charge is 2.31. The van der Waals surface area contributed by atoms with E-state index in [1.54, 1.807) is 38.1 Å². The summed E-state index contributed by atoms with van der Waals surface area (Å²) in [5.41, 5.74) is 1.04. The molecule has 0 radical (unpaired) electrons. The normalized spacial score (nSPS) is 12.4. The van der Waals surface area contributed by atoms with Gasteiger partial charge in [-0.3, -0.25) is 24.4 Å². The van der Waals surface area contributed by atoms with Crippen LogP contribution in [0.4, 0.5) is 0 Å². The van der Waals surface area contributed by atoms with Crippen molar-refractivity contribution in [2.75, 3.05) is 7.11 Å². The number of H-pyrrole nitrogens is 1. The minimum Gasteiger partial charge on any atom is -0.494 e. The summed E-state index contributed by atoms with van der Waals surface area (Å²) < 4.78 is 4.72. The number of esters is 1. The lowest BCUT2D eigenvalue weighted by molar-refractivity contribution is -0.122. The van der Waals surface area contributed by atoms with Crippen molar-refractivity contribution in [3.63, 3.8) is 0 Å². The van der Waals surface area contributed by atoms with E-state index in [1.165, 1.54) is 38.4 Å². The van der Waals surface area contributed by atoms with Crippen LogP contribution in [0.2, 0.25) is 0 Å². The van der Waals surface area contributed by atoms with Gasteiger partial charge in [0.25, 0.3) is 5.91 Å². The molecule has 11 nitrogen and oxygen atoms in total. The summed E-state index contributed by atoms with van der Waals surface area (Å²) in [7, 11) is 1.26. The van der Waals surface area contributed by atoms with E-state index in [0.29, 0.717) is 11.1 Å². The average molecular weight is 523 g/mol. The van der Waals surface area contributed by atoms with E-state index in [-0.39, 0.29) is 35.0 Å². The fourth-order valence-electron chi connectivity index (χ4n) is 3.92. The van der Waals surface area contributed by atoms with Crippen molar-refractivity contribution in [2.45, 2.75) is 39.3 Å². The quantitative estimate of drug-likeness (QED) is 0.200. The van der Waals surface area contributed by atoms with E-state index >= 15 is 0 Å². The minimum absolute atomic E-state index is 0.111. The Morgan fingerprint density at radius 3 is 2.21 bits per heavy atom. The van der Waals surface area contributed by atoms with Gasteiger partial charge in [-0.1, -0.05) is 32.0 Å². The van der Waals surface area contributed by atoms with E-state index < -0.39 is 41.5 Å². The number of methoxy groups -OCH3 is 1. The van der Waals surface area contributed by atoms with Crippen molar-refractivity contribution >= 4 is 23.6 Å². The molecule has 0 bridgehead atoms. The Labute approximate surface area is 219 Å².